The predicted octanol–water partition coefficient (Wildman–Crippen LogP) is 5.94. The Morgan fingerprint density at radius 1 is 1.22 bits per heavy atom. The van der Waals surface area contributed by atoms with Gasteiger partial charge in [0.1, 0.15) is 11.5 Å². The summed E-state index contributed by atoms with van der Waals surface area (Å²) in [4.78, 5) is 0.493. The number of benzene rings is 1. The van der Waals surface area contributed by atoms with E-state index in [0.717, 1.165) is 23.9 Å². The summed E-state index contributed by atoms with van der Waals surface area (Å²) in [6, 6.07) is 1.52. The van der Waals surface area contributed by atoms with Crippen molar-refractivity contribution in [3.8, 4) is 5.69 Å². The van der Waals surface area contributed by atoms with Crippen molar-refractivity contribution in [1.82, 2.24) is 9.78 Å². The average molecular weight is 425 g/mol. The Morgan fingerprint density at radius 3 is 2.17 bits per heavy atom. The minimum atomic E-state index is -4.57. The van der Waals surface area contributed by atoms with Gasteiger partial charge in [-0.3, -0.25) is 0 Å². The monoisotopic (exact) mass is 423 g/mol. The van der Waals surface area contributed by atoms with Crippen LogP contribution < -0.4 is 5.73 Å². The molecule has 0 unspecified atom stereocenters. The number of aryl methyl sites for hydroxylation is 1. The highest BCUT2D eigenvalue weighted by atomic mass is 35.5. The Labute approximate surface area is 153 Å². The van der Waals surface area contributed by atoms with Crippen LogP contribution in [0.1, 0.15) is 11.3 Å². The van der Waals surface area contributed by atoms with Gasteiger partial charge >= 0.3 is 6.18 Å². The average Bonchev–Trinajstić information content (AvgIpc) is 2.64. The Balaban J connectivity index is 2.60. The zero-order chi connectivity index (χ0) is 17.5. The molecule has 1 aromatic carbocycles. The summed E-state index contributed by atoms with van der Waals surface area (Å²) in [5.41, 5.74) is 5.55. The third-order valence-corrected chi connectivity index (χ3v) is 4.83. The largest absolute Gasteiger partial charge is 0.416 e. The second-order valence-electron chi connectivity index (χ2n) is 4.38. The van der Waals surface area contributed by atoms with Crippen molar-refractivity contribution in [2.24, 2.45) is 0 Å². The molecule has 0 spiro atoms. The van der Waals surface area contributed by atoms with E-state index in [2.05, 4.69) is 5.10 Å². The Hall–Kier alpha value is -0.470. The van der Waals surface area contributed by atoms with Crippen LogP contribution in [0.15, 0.2) is 17.0 Å². The van der Waals surface area contributed by atoms with Crippen LogP contribution in [0, 0.1) is 6.92 Å². The number of nitrogens with zero attached hydrogens (tertiary/aromatic N) is 2. The highest BCUT2D eigenvalue weighted by molar-refractivity contribution is 8.02. The van der Waals surface area contributed by atoms with E-state index in [1.165, 1.54) is 4.68 Å². The molecule has 0 fully saturated rings. The maximum atomic E-state index is 12.8. The lowest BCUT2D eigenvalue weighted by molar-refractivity contribution is -0.137. The quantitative estimate of drug-likeness (QED) is 0.489. The zero-order valence-corrected chi connectivity index (χ0v) is 15.1. The minimum Gasteiger partial charge on any atom is -0.383 e. The van der Waals surface area contributed by atoms with Crippen LogP contribution in [0.3, 0.4) is 0 Å². The maximum Gasteiger partial charge on any atom is 0.416 e. The minimum absolute atomic E-state index is 0.0504. The topological polar surface area (TPSA) is 43.8 Å². The number of aromatic nitrogens is 2. The van der Waals surface area contributed by atoms with Crippen LogP contribution in [-0.4, -0.2) is 13.9 Å². The van der Waals surface area contributed by atoms with Gasteiger partial charge in [-0.1, -0.05) is 58.2 Å². The van der Waals surface area contributed by atoms with E-state index in [0.29, 0.717) is 10.6 Å². The van der Waals surface area contributed by atoms with Crippen molar-refractivity contribution < 1.29 is 13.2 Å². The van der Waals surface area contributed by atoms with Crippen molar-refractivity contribution in [3.63, 3.8) is 0 Å². The number of thioether (sulfide) groups is 1. The molecule has 11 heteroatoms. The highest BCUT2D eigenvalue weighted by Gasteiger charge is 2.32. The first-order valence-corrected chi connectivity index (χ1v) is 8.39. The molecule has 1 aromatic heterocycles. The van der Waals surface area contributed by atoms with E-state index >= 15 is 0 Å². The SMILES string of the molecule is Cc1nn(-c2c(Cl)cc(C(F)(F)F)cc2Cl)c(N)c1SC(Cl)Cl. The molecule has 0 amide bonds. The fraction of sp³-hybridized carbons (Fsp3) is 0.250. The van der Waals surface area contributed by atoms with E-state index in [4.69, 9.17) is 52.1 Å². The second kappa shape index (κ2) is 6.80. The number of rotatable bonds is 3. The Bertz CT molecular complexity index is 723. The molecule has 3 nitrogen and oxygen atoms in total. The molecular formula is C12H8Cl4F3N3S. The molecule has 1 heterocycles. The number of anilines is 1. The lowest BCUT2D eigenvalue weighted by atomic mass is 10.2. The van der Waals surface area contributed by atoms with Gasteiger partial charge in [-0.05, 0) is 19.1 Å². The van der Waals surface area contributed by atoms with E-state index in [1.54, 1.807) is 6.92 Å². The number of hydrogen-bond acceptors (Lipinski definition) is 3. The van der Waals surface area contributed by atoms with Gasteiger partial charge in [-0.2, -0.15) is 18.3 Å². The lowest BCUT2D eigenvalue weighted by Gasteiger charge is -2.13. The van der Waals surface area contributed by atoms with Gasteiger partial charge < -0.3 is 5.73 Å². The van der Waals surface area contributed by atoms with Crippen molar-refractivity contribution in [2.45, 2.75) is 22.2 Å². The standard InChI is InChI=1S/C12H8Cl4F3N3S/c1-4-9(23-11(15)16)10(20)22(21-4)8-6(13)2-5(3-7(8)14)12(17,18)19/h2-3,11H,20H2,1H3. The van der Waals surface area contributed by atoms with Gasteiger partial charge in [0, 0.05) is 0 Å². The maximum absolute atomic E-state index is 12.8. The molecule has 23 heavy (non-hydrogen) atoms. The van der Waals surface area contributed by atoms with Crippen molar-refractivity contribution >= 4 is 64.0 Å². The molecule has 0 radical (unpaired) electrons. The second-order valence-corrected chi connectivity index (χ2v) is 7.92. The molecule has 0 aliphatic carbocycles. The van der Waals surface area contributed by atoms with Crippen LogP contribution in [0.2, 0.25) is 10.0 Å². The van der Waals surface area contributed by atoms with Crippen molar-refractivity contribution in [1.29, 1.82) is 0 Å². The molecule has 0 saturated heterocycles. The van der Waals surface area contributed by atoms with Gasteiger partial charge in [0.15, 0.2) is 4.17 Å². The predicted molar refractivity (Wildman–Crippen MR) is 89.1 cm³/mol. The molecule has 0 atom stereocenters. The molecule has 0 saturated carbocycles. The van der Waals surface area contributed by atoms with Crippen LogP contribution in [0.5, 0.6) is 0 Å². The highest BCUT2D eigenvalue weighted by Crippen LogP contribution is 2.41. The van der Waals surface area contributed by atoms with Gasteiger partial charge in [-0.25, -0.2) is 4.68 Å². The summed E-state index contributed by atoms with van der Waals surface area (Å²) in [5, 5.41) is 3.69. The lowest BCUT2D eigenvalue weighted by Crippen LogP contribution is -2.08. The number of hydrogen-bond donors (Lipinski definition) is 1. The molecular weight excluding hydrogens is 417 g/mol. The number of alkyl halides is 5. The molecule has 2 rings (SSSR count). The molecule has 0 bridgehead atoms. The zero-order valence-electron chi connectivity index (χ0n) is 11.3. The molecule has 2 aromatic rings. The van der Waals surface area contributed by atoms with E-state index in [9.17, 15) is 13.2 Å². The van der Waals surface area contributed by atoms with Crippen LogP contribution >= 0.6 is 58.2 Å². The van der Waals surface area contributed by atoms with Gasteiger partial charge in [0.2, 0.25) is 0 Å². The molecule has 0 aliphatic rings. The molecule has 0 aliphatic heterocycles. The Morgan fingerprint density at radius 2 is 1.74 bits per heavy atom. The first-order valence-electron chi connectivity index (χ1n) is 5.89. The number of nitrogen functional groups attached to an aromatic ring is 1. The summed E-state index contributed by atoms with van der Waals surface area (Å²) in [7, 11) is 0. The van der Waals surface area contributed by atoms with E-state index in [1.807, 2.05) is 0 Å². The van der Waals surface area contributed by atoms with Gasteiger partial charge in [0.25, 0.3) is 0 Å². The Kier molecular flexibility index (Phi) is 5.58. The van der Waals surface area contributed by atoms with Gasteiger partial charge in [-0.15, -0.1) is 0 Å². The van der Waals surface area contributed by atoms with Gasteiger partial charge in [0.05, 0.1) is 26.2 Å². The van der Waals surface area contributed by atoms with E-state index in [-0.39, 0.29) is 21.6 Å². The third kappa shape index (κ3) is 3.96. The smallest absolute Gasteiger partial charge is 0.383 e. The summed E-state index contributed by atoms with van der Waals surface area (Å²) in [5.74, 6) is 0.127. The number of nitrogens with two attached hydrogens (primary N) is 1. The summed E-state index contributed by atoms with van der Waals surface area (Å²) >= 11 is 24.4. The van der Waals surface area contributed by atoms with Crippen molar-refractivity contribution in [3.05, 3.63) is 33.4 Å². The fourth-order valence-electron chi connectivity index (χ4n) is 1.87. The van der Waals surface area contributed by atoms with Crippen LogP contribution in [0.4, 0.5) is 19.0 Å². The molecule has 126 valence electrons. The summed E-state index contributed by atoms with van der Waals surface area (Å²) < 4.78 is 38.7. The molecule has 2 N–H and O–H groups in total. The number of halogens is 7. The first kappa shape index (κ1) is 18.9. The summed E-state index contributed by atoms with van der Waals surface area (Å²) in [6.45, 7) is 1.65. The normalized spacial score (nSPS) is 12.2. The fourth-order valence-corrected chi connectivity index (χ4v) is 3.65. The summed E-state index contributed by atoms with van der Waals surface area (Å²) in [6.07, 6.45) is -4.57. The first-order chi connectivity index (χ1) is 10.5. The van der Waals surface area contributed by atoms with Crippen LogP contribution in [-0.2, 0) is 6.18 Å². The third-order valence-electron chi connectivity index (χ3n) is 2.80. The van der Waals surface area contributed by atoms with E-state index < -0.39 is 15.9 Å². The van der Waals surface area contributed by atoms with Crippen molar-refractivity contribution in [2.75, 3.05) is 5.73 Å². The van der Waals surface area contributed by atoms with Crippen LogP contribution in [0.25, 0.3) is 5.69 Å².